The van der Waals surface area contributed by atoms with E-state index in [1.54, 1.807) is 0 Å². The Morgan fingerprint density at radius 1 is 1.58 bits per heavy atom. The predicted molar refractivity (Wildman–Crippen MR) is 83.2 cm³/mol. The SMILES string of the molecule is COC(=O)c1ccc(CN2CCNC(C)C2)c(I)c1. The Labute approximate surface area is 127 Å². The predicted octanol–water partition coefficient (Wildman–Crippen LogP) is 1.87. The second-order valence-electron chi connectivity index (χ2n) is 4.89. The molecular formula is C14H19IN2O2. The van der Waals surface area contributed by atoms with Crippen molar-refractivity contribution in [2.75, 3.05) is 26.7 Å². The Bertz CT molecular complexity index is 465. The van der Waals surface area contributed by atoms with Crippen molar-refractivity contribution in [1.29, 1.82) is 0 Å². The van der Waals surface area contributed by atoms with E-state index in [9.17, 15) is 4.79 Å². The molecule has 1 unspecified atom stereocenters. The topological polar surface area (TPSA) is 41.6 Å². The molecule has 104 valence electrons. The number of halogens is 1. The molecule has 1 fully saturated rings. The molecule has 0 amide bonds. The summed E-state index contributed by atoms with van der Waals surface area (Å²) in [6, 6.07) is 6.31. The minimum Gasteiger partial charge on any atom is -0.465 e. The quantitative estimate of drug-likeness (QED) is 0.648. The number of piperazine rings is 1. The summed E-state index contributed by atoms with van der Waals surface area (Å²) in [4.78, 5) is 13.9. The number of carbonyl (C=O) groups excluding carboxylic acids is 1. The molecule has 1 N–H and O–H groups in total. The molecule has 1 atom stereocenters. The summed E-state index contributed by atoms with van der Waals surface area (Å²) >= 11 is 2.29. The van der Waals surface area contributed by atoms with Gasteiger partial charge in [-0.05, 0) is 47.2 Å². The van der Waals surface area contributed by atoms with Crippen LogP contribution in [0.1, 0.15) is 22.8 Å². The highest BCUT2D eigenvalue weighted by atomic mass is 127. The average Bonchev–Trinajstić information content (AvgIpc) is 2.40. The molecule has 0 aromatic heterocycles. The van der Waals surface area contributed by atoms with Crippen molar-refractivity contribution in [2.45, 2.75) is 19.5 Å². The lowest BCUT2D eigenvalue weighted by molar-refractivity contribution is 0.0600. The van der Waals surface area contributed by atoms with E-state index in [2.05, 4.69) is 39.7 Å². The molecule has 19 heavy (non-hydrogen) atoms. The van der Waals surface area contributed by atoms with E-state index in [1.807, 2.05) is 18.2 Å². The molecule has 1 aromatic rings. The number of benzene rings is 1. The van der Waals surface area contributed by atoms with Gasteiger partial charge in [-0.2, -0.15) is 0 Å². The summed E-state index contributed by atoms with van der Waals surface area (Å²) < 4.78 is 5.85. The number of hydrogen-bond acceptors (Lipinski definition) is 4. The van der Waals surface area contributed by atoms with Gasteiger partial charge < -0.3 is 10.1 Å². The molecule has 1 aliphatic heterocycles. The van der Waals surface area contributed by atoms with E-state index < -0.39 is 0 Å². The van der Waals surface area contributed by atoms with Crippen molar-refractivity contribution in [3.05, 3.63) is 32.9 Å². The third-order valence-corrected chi connectivity index (χ3v) is 4.33. The fourth-order valence-electron chi connectivity index (χ4n) is 2.32. The number of nitrogens with zero attached hydrogens (tertiary/aromatic N) is 1. The van der Waals surface area contributed by atoms with Crippen LogP contribution < -0.4 is 5.32 Å². The molecule has 0 radical (unpaired) electrons. The summed E-state index contributed by atoms with van der Waals surface area (Å²) in [6.07, 6.45) is 0. The molecule has 4 nitrogen and oxygen atoms in total. The van der Waals surface area contributed by atoms with E-state index >= 15 is 0 Å². The van der Waals surface area contributed by atoms with Crippen LogP contribution in [0, 0.1) is 3.57 Å². The average molecular weight is 374 g/mol. The van der Waals surface area contributed by atoms with E-state index in [0.29, 0.717) is 11.6 Å². The molecule has 1 aliphatic rings. The summed E-state index contributed by atoms with van der Waals surface area (Å²) in [5, 5.41) is 3.44. The minimum atomic E-state index is -0.278. The lowest BCUT2D eigenvalue weighted by atomic mass is 10.1. The number of ether oxygens (including phenoxy) is 1. The van der Waals surface area contributed by atoms with Gasteiger partial charge in [-0.25, -0.2) is 4.79 Å². The number of rotatable bonds is 3. The fourth-order valence-corrected chi connectivity index (χ4v) is 3.00. The standard InChI is InChI=1S/C14H19IN2O2/c1-10-8-17(6-5-16-10)9-12-4-3-11(7-13(12)15)14(18)19-2/h3-4,7,10,16H,5-6,8-9H2,1-2H3. The first kappa shape index (κ1) is 14.7. The van der Waals surface area contributed by atoms with Crippen LogP contribution in [0.5, 0.6) is 0 Å². The Kier molecular flexibility index (Phi) is 5.18. The van der Waals surface area contributed by atoms with Gasteiger partial charge in [-0.3, -0.25) is 4.90 Å². The number of hydrogen-bond donors (Lipinski definition) is 1. The monoisotopic (exact) mass is 374 g/mol. The molecular weight excluding hydrogens is 355 g/mol. The van der Waals surface area contributed by atoms with E-state index in [4.69, 9.17) is 4.74 Å². The van der Waals surface area contributed by atoms with Crippen LogP contribution in [0.25, 0.3) is 0 Å². The van der Waals surface area contributed by atoms with Crippen LogP contribution in [-0.4, -0.2) is 43.7 Å². The maximum atomic E-state index is 11.5. The molecule has 0 aliphatic carbocycles. The van der Waals surface area contributed by atoms with Crippen molar-refractivity contribution in [1.82, 2.24) is 10.2 Å². The van der Waals surface area contributed by atoms with Gasteiger partial charge in [-0.15, -0.1) is 0 Å². The first-order chi connectivity index (χ1) is 9.10. The number of esters is 1. The molecule has 0 bridgehead atoms. The molecule has 0 spiro atoms. The summed E-state index contributed by atoms with van der Waals surface area (Å²) in [7, 11) is 1.41. The van der Waals surface area contributed by atoms with Crippen LogP contribution in [0.15, 0.2) is 18.2 Å². The fraction of sp³-hybridized carbons (Fsp3) is 0.500. The molecule has 1 aromatic carbocycles. The van der Waals surface area contributed by atoms with Gasteiger partial charge in [-0.1, -0.05) is 6.07 Å². The smallest absolute Gasteiger partial charge is 0.337 e. The van der Waals surface area contributed by atoms with Gasteiger partial charge in [0.05, 0.1) is 12.7 Å². The molecule has 1 saturated heterocycles. The van der Waals surface area contributed by atoms with Crippen molar-refractivity contribution in [3.63, 3.8) is 0 Å². The van der Waals surface area contributed by atoms with Gasteiger partial charge in [0.15, 0.2) is 0 Å². The van der Waals surface area contributed by atoms with Crippen LogP contribution in [0.2, 0.25) is 0 Å². The van der Waals surface area contributed by atoms with E-state index in [0.717, 1.165) is 29.7 Å². The van der Waals surface area contributed by atoms with Gasteiger partial charge >= 0.3 is 5.97 Å². The van der Waals surface area contributed by atoms with Gasteiger partial charge in [0.2, 0.25) is 0 Å². The summed E-state index contributed by atoms with van der Waals surface area (Å²) in [5.74, 6) is -0.278. The number of nitrogens with one attached hydrogen (secondary N) is 1. The second kappa shape index (κ2) is 6.67. The lowest BCUT2D eigenvalue weighted by Crippen LogP contribution is -2.48. The van der Waals surface area contributed by atoms with Crippen LogP contribution >= 0.6 is 22.6 Å². The van der Waals surface area contributed by atoms with Crippen molar-refractivity contribution < 1.29 is 9.53 Å². The maximum Gasteiger partial charge on any atom is 0.337 e. The highest BCUT2D eigenvalue weighted by molar-refractivity contribution is 14.1. The largest absolute Gasteiger partial charge is 0.465 e. The van der Waals surface area contributed by atoms with Crippen LogP contribution in [0.4, 0.5) is 0 Å². The summed E-state index contributed by atoms with van der Waals surface area (Å²) in [5.41, 5.74) is 1.88. The van der Waals surface area contributed by atoms with Crippen LogP contribution in [0.3, 0.4) is 0 Å². The second-order valence-corrected chi connectivity index (χ2v) is 6.05. The molecule has 1 heterocycles. The Balaban J connectivity index is 2.06. The Morgan fingerprint density at radius 2 is 2.37 bits per heavy atom. The zero-order chi connectivity index (χ0) is 13.8. The van der Waals surface area contributed by atoms with Crippen LogP contribution in [-0.2, 0) is 11.3 Å². The van der Waals surface area contributed by atoms with Gasteiger partial charge in [0.1, 0.15) is 0 Å². The van der Waals surface area contributed by atoms with Crippen molar-refractivity contribution >= 4 is 28.6 Å². The zero-order valence-corrected chi connectivity index (χ0v) is 13.4. The highest BCUT2D eigenvalue weighted by Crippen LogP contribution is 2.18. The minimum absolute atomic E-state index is 0.278. The van der Waals surface area contributed by atoms with Crippen molar-refractivity contribution in [3.8, 4) is 0 Å². The maximum absolute atomic E-state index is 11.5. The van der Waals surface area contributed by atoms with Gasteiger partial charge in [0.25, 0.3) is 0 Å². The Morgan fingerprint density at radius 3 is 3.00 bits per heavy atom. The lowest BCUT2D eigenvalue weighted by Gasteiger charge is -2.32. The van der Waals surface area contributed by atoms with E-state index in [1.165, 1.54) is 12.7 Å². The normalized spacial score (nSPS) is 20.3. The number of methoxy groups -OCH3 is 1. The van der Waals surface area contributed by atoms with Gasteiger partial charge in [0, 0.05) is 35.8 Å². The zero-order valence-electron chi connectivity index (χ0n) is 11.3. The molecule has 2 rings (SSSR count). The third kappa shape index (κ3) is 3.90. The Hall–Kier alpha value is -0.660. The first-order valence-electron chi connectivity index (χ1n) is 6.42. The van der Waals surface area contributed by atoms with E-state index in [-0.39, 0.29) is 5.97 Å². The number of carbonyl (C=O) groups is 1. The molecule has 5 heteroatoms. The third-order valence-electron chi connectivity index (χ3n) is 3.32. The summed E-state index contributed by atoms with van der Waals surface area (Å²) in [6.45, 7) is 6.31. The molecule has 0 saturated carbocycles. The van der Waals surface area contributed by atoms with Crippen molar-refractivity contribution in [2.24, 2.45) is 0 Å². The highest BCUT2D eigenvalue weighted by Gasteiger charge is 2.17. The first-order valence-corrected chi connectivity index (χ1v) is 7.50.